The Morgan fingerprint density at radius 1 is 1.43 bits per heavy atom. The summed E-state index contributed by atoms with van der Waals surface area (Å²) >= 11 is 5.80. The van der Waals surface area contributed by atoms with Crippen LogP contribution in [0.3, 0.4) is 0 Å². The van der Waals surface area contributed by atoms with Gasteiger partial charge in [-0.25, -0.2) is 0 Å². The van der Waals surface area contributed by atoms with Crippen LogP contribution in [0.5, 0.6) is 0 Å². The van der Waals surface area contributed by atoms with Crippen LogP contribution in [0.25, 0.3) is 0 Å². The van der Waals surface area contributed by atoms with Crippen LogP contribution in [0.15, 0.2) is 0 Å². The fourth-order valence-corrected chi connectivity index (χ4v) is 2.08. The normalized spacial score (nSPS) is 22.5. The molecular formula is C11H22ClNO. The summed E-state index contributed by atoms with van der Waals surface area (Å²) in [7, 11) is 0. The summed E-state index contributed by atoms with van der Waals surface area (Å²) in [6.45, 7) is 8.62. The maximum Gasteiger partial charge on any atom is 0.0599 e. The summed E-state index contributed by atoms with van der Waals surface area (Å²) < 4.78 is 5.61. The van der Waals surface area contributed by atoms with Crippen LogP contribution in [0, 0.1) is 5.92 Å². The molecule has 0 amide bonds. The van der Waals surface area contributed by atoms with E-state index >= 15 is 0 Å². The summed E-state index contributed by atoms with van der Waals surface area (Å²) in [5, 5.41) is 0. The topological polar surface area (TPSA) is 12.5 Å². The predicted octanol–water partition coefficient (Wildman–Crippen LogP) is 2.36. The molecule has 1 rings (SSSR count). The van der Waals surface area contributed by atoms with E-state index in [1.54, 1.807) is 0 Å². The van der Waals surface area contributed by atoms with E-state index in [1.165, 1.54) is 25.9 Å². The molecule has 0 aromatic carbocycles. The van der Waals surface area contributed by atoms with E-state index in [0.29, 0.717) is 12.0 Å². The SMILES string of the molecule is CCOC1CCN(CC(C)CCl)CC1. The van der Waals surface area contributed by atoms with E-state index in [1.807, 2.05) is 0 Å². The highest BCUT2D eigenvalue weighted by molar-refractivity contribution is 6.18. The number of hydrogen-bond acceptors (Lipinski definition) is 2. The van der Waals surface area contributed by atoms with Crippen molar-refractivity contribution in [2.24, 2.45) is 5.92 Å². The first-order valence-electron chi connectivity index (χ1n) is 5.66. The Hall–Kier alpha value is 0.210. The van der Waals surface area contributed by atoms with Crippen LogP contribution in [-0.4, -0.2) is 43.1 Å². The van der Waals surface area contributed by atoms with Crippen molar-refractivity contribution < 1.29 is 4.74 Å². The van der Waals surface area contributed by atoms with Gasteiger partial charge >= 0.3 is 0 Å². The first-order chi connectivity index (χ1) is 6.76. The molecule has 1 unspecified atom stereocenters. The van der Waals surface area contributed by atoms with Gasteiger partial charge in [0, 0.05) is 32.1 Å². The molecule has 1 atom stereocenters. The van der Waals surface area contributed by atoms with Gasteiger partial charge in [-0.2, -0.15) is 0 Å². The van der Waals surface area contributed by atoms with E-state index in [9.17, 15) is 0 Å². The number of alkyl halides is 1. The molecule has 1 fully saturated rings. The quantitative estimate of drug-likeness (QED) is 0.659. The van der Waals surface area contributed by atoms with Crippen LogP contribution in [0.1, 0.15) is 26.7 Å². The largest absolute Gasteiger partial charge is 0.378 e. The van der Waals surface area contributed by atoms with Gasteiger partial charge in [-0.05, 0) is 25.7 Å². The molecule has 0 radical (unpaired) electrons. The van der Waals surface area contributed by atoms with Crippen molar-refractivity contribution in [3.63, 3.8) is 0 Å². The lowest BCUT2D eigenvalue weighted by atomic mass is 10.1. The van der Waals surface area contributed by atoms with Gasteiger partial charge in [0.05, 0.1) is 6.10 Å². The zero-order valence-electron chi connectivity index (χ0n) is 9.34. The minimum Gasteiger partial charge on any atom is -0.378 e. The lowest BCUT2D eigenvalue weighted by Crippen LogP contribution is -2.39. The molecule has 14 heavy (non-hydrogen) atoms. The molecule has 0 N–H and O–H groups in total. The number of likely N-dealkylation sites (tertiary alicyclic amines) is 1. The second-order valence-corrected chi connectivity index (χ2v) is 4.52. The van der Waals surface area contributed by atoms with E-state index < -0.39 is 0 Å². The van der Waals surface area contributed by atoms with Gasteiger partial charge in [0.1, 0.15) is 0 Å². The Morgan fingerprint density at radius 2 is 2.07 bits per heavy atom. The van der Waals surface area contributed by atoms with Gasteiger partial charge in [-0.1, -0.05) is 6.92 Å². The van der Waals surface area contributed by atoms with Crippen molar-refractivity contribution in [2.75, 3.05) is 32.1 Å². The molecule has 3 heteroatoms. The first kappa shape index (κ1) is 12.3. The molecule has 0 spiro atoms. The maximum absolute atomic E-state index is 5.80. The highest BCUT2D eigenvalue weighted by Crippen LogP contribution is 2.15. The molecule has 0 saturated carbocycles. The van der Waals surface area contributed by atoms with Gasteiger partial charge in [0.15, 0.2) is 0 Å². The van der Waals surface area contributed by atoms with Gasteiger partial charge in [0.2, 0.25) is 0 Å². The molecule has 2 nitrogen and oxygen atoms in total. The van der Waals surface area contributed by atoms with Crippen molar-refractivity contribution in [2.45, 2.75) is 32.8 Å². The molecule has 1 heterocycles. The lowest BCUT2D eigenvalue weighted by molar-refractivity contribution is 0.0121. The highest BCUT2D eigenvalue weighted by Gasteiger charge is 2.19. The summed E-state index contributed by atoms with van der Waals surface area (Å²) in [6, 6.07) is 0. The number of nitrogens with zero attached hydrogens (tertiary/aromatic N) is 1. The standard InChI is InChI=1S/C11H22ClNO/c1-3-14-11-4-6-13(7-5-11)9-10(2)8-12/h10-11H,3-9H2,1-2H3. The monoisotopic (exact) mass is 219 g/mol. The van der Waals surface area contributed by atoms with Crippen LogP contribution < -0.4 is 0 Å². The zero-order valence-corrected chi connectivity index (χ0v) is 10.1. The third kappa shape index (κ3) is 4.16. The Labute approximate surface area is 92.6 Å². The van der Waals surface area contributed by atoms with Crippen molar-refractivity contribution in [3.05, 3.63) is 0 Å². The predicted molar refractivity (Wildman–Crippen MR) is 61.0 cm³/mol. The molecule has 84 valence electrons. The smallest absolute Gasteiger partial charge is 0.0599 e. The second kappa shape index (κ2) is 6.65. The molecule has 0 aromatic rings. The van der Waals surface area contributed by atoms with Crippen LogP contribution >= 0.6 is 11.6 Å². The zero-order chi connectivity index (χ0) is 10.4. The second-order valence-electron chi connectivity index (χ2n) is 4.21. The number of piperidine rings is 1. The first-order valence-corrected chi connectivity index (χ1v) is 6.19. The van der Waals surface area contributed by atoms with Crippen molar-refractivity contribution >= 4 is 11.6 Å². The molecule has 1 saturated heterocycles. The van der Waals surface area contributed by atoms with Gasteiger partial charge in [-0.3, -0.25) is 0 Å². The number of ether oxygens (including phenoxy) is 1. The Bertz CT molecular complexity index is 146. The average molecular weight is 220 g/mol. The fourth-order valence-electron chi connectivity index (χ4n) is 1.98. The third-order valence-electron chi connectivity index (χ3n) is 2.77. The summed E-state index contributed by atoms with van der Waals surface area (Å²) in [5.41, 5.74) is 0. The van der Waals surface area contributed by atoms with Crippen molar-refractivity contribution in [1.29, 1.82) is 0 Å². The third-order valence-corrected chi connectivity index (χ3v) is 3.30. The van der Waals surface area contributed by atoms with Crippen LogP contribution in [-0.2, 0) is 4.74 Å². The molecule has 0 bridgehead atoms. The number of halogens is 1. The lowest BCUT2D eigenvalue weighted by Gasteiger charge is -2.32. The summed E-state index contributed by atoms with van der Waals surface area (Å²) in [4.78, 5) is 2.50. The minimum atomic E-state index is 0.502. The maximum atomic E-state index is 5.80. The van der Waals surface area contributed by atoms with Gasteiger partial charge in [0.25, 0.3) is 0 Å². The summed E-state index contributed by atoms with van der Waals surface area (Å²) in [6.07, 6.45) is 2.87. The van der Waals surface area contributed by atoms with E-state index in [-0.39, 0.29) is 0 Å². The Balaban J connectivity index is 2.15. The van der Waals surface area contributed by atoms with E-state index in [2.05, 4.69) is 18.7 Å². The number of rotatable bonds is 5. The van der Waals surface area contributed by atoms with Crippen molar-refractivity contribution in [3.8, 4) is 0 Å². The molecule has 1 aliphatic rings. The van der Waals surface area contributed by atoms with Crippen molar-refractivity contribution in [1.82, 2.24) is 4.90 Å². The van der Waals surface area contributed by atoms with Crippen LogP contribution in [0.4, 0.5) is 0 Å². The molecule has 0 aliphatic carbocycles. The molecule has 1 aliphatic heterocycles. The Kier molecular flexibility index (Phi) is 5.83. The van der Waals surface area contributed by atoms with Crippen LogP contribution in [0.2, 0.25) is 0 Å². The summed E-state index contributed by atoms with van der Waals surface area (Å²) in [5.74, 6) is 1.38. The Morgan fingerprint density at radius 3 is 2.57 bits per heavy atom. The highest BCUT2D eigenvalue weighted by atomic mass is 35.5. The fraction of sp³-hybridized carbons (Fsp3) is 1.00. The number of hydrogen-bond donors (Lipinski definition) is 0. The van der Waals surface area contributed by atoms with E-state index in [4.69, 9.17) is 16.3 Å². The van der Waals surface area contributed by atoms with E-state index in [0.717, 1.165) is 19.0 Å². The minimum absolute atomic E-state index is 0.502. The van der Waals surface area contributed by atoms with Gasteiger partial charge in [-0.15, -0.1) is 11.6 Å². The molecule has 0 aromatic heterocycles. The average Bonchev–Trinajstić information content (AvgIpc) is 2.21. The molecular weight excluding hydrogens is 198 g/mol. The van der Waals surface area contributed by atoms with Gasteiger partial charge < -0.3 is 9.64 Å².